The number of hydrogen-bond acceptors (Lipinski definition) is 5. The maximum absolute atomic E-state index is 5.80. The third-order valence-electron chi connectivity index (χ3n) is 2.72. The molecule has 0 bridgehead atoms. The van der Waals surface area contributed by atoms with Gasteiger partial charge in [-0.25, -0.2) is 4.98 Å². The normalized spacial score (nSPS) is 12.0. The number of methoxy groups -OCH3 is 2. The van der Waals surface area contributed by atoms with Gasteiger partial charge in [-0.05, 0) is 24.6 Å². The summed E-state index contributed by atoms with van der Waals surface area (Å²) in [6.45, 7) is 2.05. The minimum Gasteiger partial charge on any atom is -0.493 e. The van der Waals surface area contributed by atoms with Crippen LogP contribution in [0.1, 0.15) is 18.5 Å². The molecule has 1 heterocycles. The zero-order valence-electron chi connectivity index (χ0n) is 10.9. The molecule has 4 nitrogen and oxygen atoms in total. The summed E-state index contributed by atoms with van der Waals surface area (Å²) in [4.78, 5) is 4.17. The number of ether oxygens (including phenoxy) is 2. The zero-order chi connectivity index (χ0) is 13.8. The Bertz CT molecular complexity index is 559. The third kappa shape index (κ3) is 3.30. The summed E-state index contributed by atoms with van der Waals surface area (Å²) in [5.74, 6) is 1.43. The summed E-state index contributed by atoms with van der Waals surface area (Å²) in [5, 5.41) is 6.40. The van der Waals surface area contributed by atoms with E-state index < -0.39 is 0 Å². The van der Waals surface area contributed by atoms with Gasteiger partial charge in [0.2, 0.25) is 0 Å². The topological polar surface area (TPSA) is 43.4 Å². The van der Waals surface area contributed by atoms with Gasteiger partial charge in [0.25, 0.3) is 0 Å². The van der Waals surface area contributed by atoms with Crippen LogP contribution < -0.4 is 14.8 Å². The minimum absolute atomic E-state index is 0.0991. The first kappa shape index (κ1) is 14.0. The number of rotatable bonds is 5. The molecule has 1 unspecified atom stereocenters. The summed E-state index contributed by atoms with van der Waals surface area (Å²) >= 11 is 7.28. The molecular formula is C13H15ClN2O2S. The molecule has 1 aromatic carbocycles. The highest BCUT2D eigenvalue weighted by atomic mass is 35.5. The molecule has 1 N–H and O–H groups in total. The van der Waals surface area contributed by atoms with Crippen LogP contribution in [0.5, 0.6) is 11.5 Å². The van der Waals surface area contributed by atoms with E-state index in [-0.39, 0.29) is 6.04 Å². The van der Waals surface area contributed by atoms with E-state index in [0.29, 0.717) is 10.9 Å². The van der Waals surface area contributed by atoms with Crippen molar-refractivity contribution in [2.24, 2.45) is 0 Å². The number of halogens is 1. The second-order valence-electron chi connectivity index (χ2n) is 3.96. The van der Waals surface area contributed by atoms with Crippen LogP contribution in [0.25, 0.3) is 0 Å². The van der Waals surface area contributed by atoms with Crippen LogP contribution in [0.3, 0.4) is 0 Å². The monoisotopic (exact) mass is 298 g/mol. The molecule has 0 radical (unpaired) electrons. The van der Waals surface area contributed by atoms with Gasteiger partial charge in [-0.15, -0.1) is 11.3 Å². The average Bonchev–Trinajstić information content (AvgIpc) is 2.83. The maximum atomic E-state index is 5.80. The standard InChI is InChI=1S/C13H15ClN2O2S/c1-8(15-13-16-12(14)7-19-13)9-4-5-10(17-2)11(6-9)18-3/h4-8H,1-3H3,(H,15,16). The molecule has 0 aliphatic rings. The van der Waals surface area contributed by atoms with Gasteiger partial charge in [0, 0.05) is 5.38 Å². The van der Waals surface area contributed by atoms with Gasteiger partial charge in [-0.3, -0.25) is 0 Å². The Morgan fingerprint density at radius 2 is 2.00 bits per heavy atom. The molecule has 1 aromatic heterocycles. The average molecular weight is 299 g/mol. The van der Waals surface area contributed by atoms with Gasteiger partial charge >= 0.3 is 0 Å². The van der Waals surface area contributed by atoms with Crippen LogP contribution in [-0.4, -0.2) is 19.2 Å². The number of aromatic nitrogens is 1. The molecule has 0 aliphatic carbocycles. The summed E-state index contributed by atoms with van der Waals surface area (Å²) in [6, 6.07) is 5.93. The smallest absolute Gasteiger partial charge is 0.184 e. The van der Waals surface area contributed by atoms with E-state index >= 15 is 0 Å². The molecular weight excluding hydrogens is 284 g/mol. The summed E-state index contributed by atoms with van der Waals surface area (Å²) in [7, 11) is 3.25. The molecule has 0 aliphatic heterocycles. The molecule has 0 saturated carbocycles. The lowest BCUT2D eigenvalue weighted by Crippen LogP contribution is -2.06. The van der Waals surface area contributed by atoms with Gasteiger partial charge in [0.05, 0.1) is 20.3 Å². The molecule has 0 amide bonds. The number of nitrogens with one attached hydrogen (secondary N) is 1. The summed E-state index contributed by atoms with van der Waals surface area (Å²) in [5.41, 5.74) is 1.09. The van der Waals surface area contributed by atoms with Gasteiger partial charge in [0.15, 0.2) is 16.6 Å². The molecule has 19 heavy (non-hydrogen) atoms. The Morgan fingerprint density at radius 3 is 2.58 bits per heavy atom. The quantitative estimate of drug-likeness (QED) is 0.906. The van der Waals surface area contributed by atoms with Crippen LogP contribution in [-0.2, 0) is 0 Å². The molecule has 0 spiro atoms. The number of thiazole rings is 1. The lowest BCUT2D eigenvalue weighted by Gasteiger charge is -2.15. The van der Waals surface area contributed by atoms with Crippen LogP contribution in [0, 0.1) is 0 Å². The zero-order valence-corrected chi connectivity index (χ0v) is 12.5. The van der Waals surface area contributed by atoms with Crippen molar-refractivity contribution in [3.05, 3.63) is 34.3 Å². The first-order chi connectivity index (χ1) is 9.13. The van der Waals surface area contributed by atoms with E-state index in [4.69, 9.17) is 21.1 Å². The predicted octanol–water partition coefficient (Wildman–Crippen LogP) is 3.99. The number of hydrogen-bond donors (Lipinski definition) is 1. The SMILES string of the molecule is COc1ccc(C(C)Nc2nc(Cl)cs2)cc1OC. The van der Waals surface area contributed by atoms with Crippen molar-refractivity contribution in [1.29, 1.82) is 0 Å². The lowest BCUT2D eigenvalue weighted by molar-refractivity contribution is 0.354. The molecule has 6 heteroatoms. The fraction of sp³-hybridized carbons (Fsp3) is 0.308. The Balaban J connectivity index is 2.16. The van der Waals surface area contributed by atoms with Gasteiger partial charge in [0.1, 0.15) is 5.15 Å². The van der Waals surface area contributed by atoms with E-state index in [9.17, 15) is 0 Å². The Labute approximate surface area is 121 Å². The summed E-state index contributed by atoms with van der Waals surface area (Å²) < 4.78 is 10.5. The third-order valence-corrected chi connectivity index (χ3v) is 3.82. The van der Waals surface area contributed by atoms with Crippen molar-refractivity contribution in [3.63, 3.8) is 0 Å². The van der Waals surface area contributed by atoms with E-state index in [1.807, 2.05) is 18.2 Å². The Hall–Kier alpha value is -1.46. The van der Waals surface area contributed by atoms with Crippen molar-refractivity contribution < 1.29 is 9.47 Å². The number of anilines is 1. The van der Waals surface area contributed by atoms with E-state index in [1.165, 1.54) is 11.3 Å². The first-order valence-electron chi connectivity index (χ1n) is 5.73. The minimum atomic E-state index is 0.0991. The maximum Gasteiger partial charge on any atom is 0.184 e. The molecule has 1 atom stereocenters. The van der Waals surface area contributed by atoms with Crippen molar-refractivity contribution in [2.45, 2.75) is 13.0 Å². The second-order valence-corrected chi connectivity index (χ2v) is 5.20. The number of nitrogens with zero attached hydrogens (tertiary/aromatic N) is 1. The molecule has 102 valence electrons. The van der Waals surface area contributed by atoms with Gasteiger partial charge in [-0.2, -0.15) is 0 Å². The molecule has 2 rings (SSSR count). The van der Waals surface area contributed by atoms with Gasteiger partial charge in [-0.1, -0.05) is 17.7 Å². The Morgan fingerprint density at radius 1 is 1.26 bits per heavy atom. The predicted molar refractivity (Wildman–Crippen MR) is 78.7 cm³/mol. The van der Waals surface area contributed by atoms with Gasteiger partial charge < -0.3 is 14.8 Å². The van der Waals surface area contributed by atoms with Crippen molar-refractivity contribution in [1.82, 2.24) is 4.98 Å². The van der Waals surface area contributed by atoms with Crippen molar-refractivity contribution in [2.75, 3.05) is 19.5 Å². The highest BCUT2D eigenvalue weighted by molar-refractivity contribution is 7.14. The first-order valence-corrected chi connectivity index (χ1v) is 6.99. The molecule has 0 saturated heterocycles. The fourth-order valence-corrected chi connectivity index (χ4v) is 2.64. The largest absolute Gasteiger partial charge is 0.493 e. The number of benzene rings is 1. The van der Waals surface area contributed by atoms with Crippen LogP contribution in [0.15, 0.2) is 23.6 Å². The van der Waals surface area contributed by atoms with Crippen molar-refractivity contribution in [3.8, 4) is 11.5 Å². The second kappa shape index (κ2) is 6.12. The van der Waals surface area contributed by atoms with E-state index in [1.54, 1.807) is 19.6 Å². The summed E-state index contributed by atoms with van der Waals surface area (Å²) in [6.07, 6.45) is 0. The Kier molecular flexibility index (Phi) is 4.50. The molecule has 0 fully saturated rings. The molecule has 2 aromatic rings. The highest BCUT2D eigenvalue weighted by Crippen LogP contribution is 2.31. The van der Waals surface area contributed by atoms with Crippen molar-refractivity contribution >= 4 is 28.1 Å². The fourth-order valence-electron chi connectivity index (χ4n) is 1.71. The van der Waals surface area contributed by atoms with Crippen LogP contribution in [0.2, 0.25) is 5.15 Å². The lowest BCUT2D eigenvalue weighted by atomic mass is 10.1. The van der Waals surface area contributed by atoms with E-state index in [0.717, 1.165) is 16.4 Å². The van der Waals surface area contributed by atoms with E-state index in [2.05, 4.69) is 17.2 Å². The highest BCUT2D eigenvalue weighted by Gasteiger charge is 2.11. The van der Waals surface area contributed by atoms with Crippen LogP contribution >= 0.6 is 22.9 Å². The van der Waals surface area contributed by atoms with Crippen LogP contribution in [0.4, 0.5) is 5.13 Å².